The molecule has 2 aliphatic rings. The molecule has 0 saturated carbocycles. The lowest BCUT2D eigenvalue weighted by molar-refractivity contribution is 0.565. The normalized spacial score (nSPS) is 20.9. The zero-order valence-corrected chi connectivity index (χ0v) is 15.5. The predicted octanol–water partition coefficient (Wildman–Crippen LogP) is 4.71. The molecule has 1 aromatic carbocycles. The van der Waals surface area contributed by atoms with E-state index in [-0.39, 0.29) is 6.04 Å². The second kappa shape index (κ2) is 6.18. The Bertz CT molecular complexity index is 953. The van der Waals surface area contributed by atoms with Gasteiger partial charge in [0, 0.05) is 29.1 Å². The lowest BCUT2D eigenvalue weighted by Crippen LogP contribution is -2.37. The Hall–Kier alpha value is -2.24. The van der Waals surface area contributed by atoms with Gasteiger partial charge >= 0.3 is 0 Å². The van der Waals surface area contributed by atoms with Crippen LogP contribution in [0.1, 0.15) is 24.6 Å². The van der Waals surface area contributed by atoms with Crippen molar-refractivity contribution in [3.63, 3.8) is 0 Å². The first-order chi connectivity index (χ1) is 12.7. The molecule has 26 heavy (non-hydrogen) atoms. The highest BCUT2D eigenvalue weighted by Crippen LogP contribution is 2.42. The summed E-state index contributed by atoms with van der Waals surface area (Å²) >= 11 is 12.5. The Morgan fingerprint density at radius 3 is 2.77 bits per heavy atom. The minimum atomic E-state index is 0.110. The van der Waals surface area contributed by atoms with E-state index in [2.05, 4.69) is 30.8 Å². The van der Waals surface area contributed by atoms with Crippen LogP contribution < -0.4 is 10.2 Å². The molecule has 132 valence electrons. The molecule has 0 radical (unpaired) electrons. The van der Waals surface area contributed by atoms with Gasteiger partial charge in [-0.25, -0.2) is 9.97 Å². The molecule has 5 rings (SSSR count). The van der Waals surface area contributed by atoms with Gasteiger partial charge in [0.1, 0.15) is 12.0 Å². The maximum atomic E-state index is 6.48. The largest absolute Gasteiger partial charge is 0.375 e. The van der Waals surface area contributed by atoms with Crippen molar-refractivity contribution in [1.82, 2.24) is 14.5 Å². The first-order valence-corrected chi connectivity index (χ1v) is 9.45. The average molecular weight is 386 g/mol. The summed E-state index contributed by atoms with van der Waals surface area (Å²) in [6.45, 7) is 0.967. The van der Waals surface area contributed by atoms with E-state index in [9.17, 15) is 0 Å². The SMILES string of the molecule is Clc1ccc(N[C@@H]2c3cccn3-c3c(Cl)ncnc3N3CCC[C@@H]23)cc1. The van der Waals surface area contributed by atoms with Gasteiger partial charge in [-0.05, 0) is 49.2 Å². The fourth-order valence-corrected chi connectivity index (χ4v) is 4.46. The molecule has 2 aromatic heterocycles. The molecule has 0 amide bonds. The number of rotatable bonds is 2. The number of halogens is 2. The number of nitrogens with zero attached hydrogens (tertiary/aromatic N) is 4. The van der Waals surface area contributed by atoms with Gasteiger partial charge in [0.05, 0.1) is 12.1 Å². The predicted molar refractivity (Wildman–Crippen MR) is 105 cm³/mol. The summed E-state index contributed by atoms with van der Waals surface area (Å²) in [4.78, 5) is 11.2. The quantitative estimate of drug-likeness (QED) is 0.648. The minimum absolute atomic E-state index is 0.110. The third-order valence-corrected chi connectivity index (χ3v) is 5.75. The van der Waals surface area contributed by atoms with E-state index in [0.29, 0.717) is 11.2 Å². The maximum absolute atomic E-state index is 6.48. The number of hydrogen-bond acceptors (Lipinski definition) is 4. The standard InChI is InChI=1S/C19H17Cl2N5/c20-12-5-7-13(8-6-12)24-16-14-3-1-9-25(14)17-18(21)22-11-23-19(17)26-10-2-4-15(16)26/h1,3,5-9,11,15-16,24H,2,4,10H2/t15-,16+/m0/s1. The molecule has 2 atom stereocenters. The van der Waals surface area contributed by atoms with Crippen molar-refractivity contribution < 1.29 is 0 Å². The summed E-state index contributed by atoms with van der Waals surface area (Å²) in [6.07, 6.45) is 5.80. The summed E-state index contributed by atoms with van der Waals surface area (Å²) in [7, 11) is 0. The van der Waals surface area contributed by atoms with E-state index >= 15 is 0 Å². The molecule has 0 bridgehead atoms. The second-order valence-electron chi connectivity index (χ2n) is 6.67. The van der Waals surface area contributed by atoms with Gasteiger partial charge in [-0.1, -0.05) is 23.2 Å². The molecule has 0 unspecified atom stereocenters. The van der Waals surface area contributed by atoms with Crippen LogP contribution >= 0.6 is 23.2 Å². The van der Waals surface area contributed by atoms with E-state index < -0.39 is 0 Å². The van der Waals surface area contributed by atoms with Crippen molar-refractivity contribution in [2.75, 3.05) is 16.8 Å². The molecule has 5 nitrogen and oxygen atoms in total. The molecule has 2 aliphatic heterocycles. The van der Waals surface area contributed by atoms with Crippen LogP contribution in [0.3, 0.4) is 0 Å². The van der Waals surface area contributed by atoms with Crippen molar-refractivity contribution in [2.24, 2.45) is 0 Å². The highest BCUT2D eigenvalue weighted by molar-refractivity contribution is 6.31. The van der Waals surface area contributed by atoms with Crippen LogP contribution in [0, 0.1) is 0 Å². The van der Waals surface area contributed by atoms with Crippen molar-refractivity contribution in [1.29, 1.82) is 0 Å². The fourth-order valence-electron chi connectivity index (χ4n) is 4.11. The number of benzene rings is 1. The molecule has 1 saturated heterocycles. The Labute approximate surface area is 161 Å². The van der Waals surface area contributed by atoms with Crippen LogP contribution in [0.4, 0.5) is 11.5 Å². The number of fused-ring (bicyclic) bond motifs is 5. The van der Waals surface area contributed by atoms with Gasteiger partial charge in [-0.2, -0.15) is 0 Å². The Kier molecular flexibility index (Phi) is 3.80. The first-order valence-electron chi connectivity index (χ1n) is 8.69. The monoisotopic (exact) mass is 385 g/mol. The van der Waals surface area contributed by atoms with Crippen molar-refractivity contribution >= 4 is 34.7 Å². The van der Waals surface area contributed by atoms with Crippen LogP contribution in [0.5, 0.6) is 0 Å². The Morgan fingerprint density at radius 1 is 1.08 bits per heavy atom. The van der Waals surface area contributed by atoms with E-state index in [1.807, 2.05) is 36.5 Å². The van der Waals surface area contributed by atoms with Crippen molar-refractivity contribution in [3.8, 4) is 5.69 Å². The summed E-state index contributed by atoms with van der Waals surface area (Å²) in [6, 6.07) is 12.4. The lowest BCUT2D eigenvalue weighted by atomic mass is 10.0. The summed E-state index contributed by atoms with van der Waals surface area (Å²) in [5.41, 5.74) is 3.07. The molecule has 1 fully saturated rings. The summed E-state index contributed by atoms with van der Waals surface area (Å²) in [5, 5.41) is 4.91. The van der Waals surface area contributed by atoms with Crippen LogP contribution in [0.2, 0.25) is 10.2 Å². The third-order valence-electron chi connectivity index (χ3n) is 5.22. The van der Waals surface area contributed by atoms with Crippen molar-refractivity contribution in [2.45, 2.75) is 24.9 Å². The molecule has 1 N–H and O–H groups in total. The second-order valence-corrected chi connectivity index (χ2v) is 7.47. The zero-order valence-electron chi connectivity index (χ0n) is 13.9. The van der Waals surface area contributed by atoms with E-state index in [0.717, 1.165) is 47.3 Å². The highest BCUT2D eigenvalue weighted by Gasteiger charge is 2.39. The Balaban J connectivity index is 1.66. The molecule has 4 heterocycles. The summed E-state index contributed by atoms with van der Waals surface area (Å²) < 4.78 is 2.11. The number of nitrogens with one attached hydrogen (secondary N) is 1. The molecule has 7 heteroatoms. The summed E-state index contributed by atoms with van der Waals surface area (Å²) in [5.74, 6) is 0.908. The molecular weight excluding hydrogens is 369 g/mol. The third kappa shape index (κ3) is 2.46. The van der Waals surface area contributed by atoms with Gasteiger partial charge < -0.3 is 14.8 Å². The van der Waals surface area contributed by atoms with E-state index in [1.54, 1.807) is 6.33 Å². The molecule has 0 spiro atoms. The minimum Gasteiger partial charge on any atom is -0.375 e. The van der Waals surface area contributed by atoms with E-state index in [4.69, 9.17) is 23.2 Å². The number of aromatic nitrogens is 3. The smallest absolute Gasteiger partial charge is 0.158 e. The lowest BCUT2D eigenvalue weighted by Gasteiger charge is -2.31. The maximum Gasteiger partial charge on any atom is 0.158 e. The van der Waals surface area contributed by atoms with Crippen LogP contribution in [-0.4, -0.2) is 27.1 Å². The van der Waals surface area contributed by atoms with Gasteiger partial charge in [0.2, 0.25) is 0 Å². The molecule has 0 aliphatic carbocycles. The zero-order chi connectivity index (χ0) is 17.7. The number of anilines is 2. The Morgan fingerprint density at radius 2 is 1.92 bits per heavy atom. The van der Waals surface area contributed by atoms with Gasteiger partial charge in [0.25, 0.3) is 0 Å². The average Bonchev–Trinajstić information content (AvgIpc) is 3.29. The van der Waals surface area contributed by atoms with Crippen LogP contribution in [-0.2, 0) is 0 Å². The van der Waals surface area contributed by atoms with Gasteiger partial charge in [-0.15, -0.1) is 0 Å². The number of hydrogen-bond donors (Lipinski definition) is 1. The van der Waals surface area contributed by atoms with Gasteiger partial charge in [-0.3, -0.25) is 0 Å². The highest BCUT2D eigenvalue weighted by atomic mass is 35.5. The molecule has 3 aromatic rings. The van der Waals surface area contributed by atoms with E-state index in [1.165, 1.54) is 0 Å². The topological polar surface area (TPSA) is 46.0 Å². The van der Waals surface area contributed by atoms with Crippen molar-refractivity contribution in [3.05, 3.63) is 64.8 Å². The fraction of sp³-hybridized carbons (Fsp3) is 0.263. The van der Waals surface area contributed by atoms with Gasteiger partial charge in [0.15, 0.2) is 11.0 Å². The first kappa shape index (κ1) is 16.0. The van der Waals surface area contributed by atoms with Crippen LogP contribution in [0.25, 0.3) is 5.69 Å². The van der Waals surface area contributed by atoms with Crippen LogP contribution in [0.15, 0.2) is 48.9 Å². The molecular formula is C19H17Cl2N5.